The fraction of sp³-hybridized carbons (Fsp3) is 0.0909. The molecule has 0 aliphatic heterocycles. The minimum atomic E-state index is -0.629. The average molecular weight is 271 g/mol. The molecule has 18 heavy (non-hydrogen) atoms. The number of halogens is 3. The molecule has 0 radical (unpaired) electrons. The van der Waals surface area contributed by atoms with Gasteiger partial charge in [0.25, 0.3) is 0 Å². The molecule has 2 rings (SSSR count). The monoisotopic (exact) mass is 270 g/mol. The Morgan fingerprint density at radius 2 is 2.00 bits per heavy atom. The van der Waals surface area contributed by atoms with E-state index in [0.29, 0.717) is 11.4 Å². The van der Waals surface area contributed by atoms with E-state index in [4.69, 9.17) is 17.3 Å². The molecule has 0 saturated heterocycles. The highest BCUT2D eigenvalue weighted by Gasteiger charge is 2.05. The highest BCUT2D eigenvalue weighted by Crippen LogP contribution is 2.15. The van der Waals surface area contributed by atoms with Crippen molar-refractivity contribution in [2.75, 3.05) is 11.1 Å². The van der Waals surface area contributed by atoms with E-state index in [0.717, 1.165) is 6.07 Å². The van der Waals surface area contributed by atoms with Crippen molar-refractivity contribution in [3.63, 3.8) is 0 Å². The van der Waals surface area contributed by atoms with Gasteiger partial charge in [-0.2, -0.15) is 4.98 Å². The summed E-state index contributed by atoms with van der Waals surface area (Å²) >= 11 is 5.69. The summed E-state index contributed by atoms with van der Waals surface area (Å²) in [6, 6.07) is 4.81. The SMILES string of the molecule is Nc1nc(Cl)cc(NCc2ccc(F)cc2F)n1. The van der Waals surface area contributed by atoms with Crippen molar-refractivity contribution in [1.82, 2.24) is 9.97 Å². The van der Waals surface area contributed by atoms with E-state index >= 15 is 0 Å². The van der Waals surface area contributed by atoms with Crippen LogP contribution < -0.4 is 11.1 Å². The maximum atomic E-state index is 13.3. The number of anilines is 2. The Morgan fingerprint density at radius 1 is 1.22 bits per heavy atom. The summed E-state index contributed by atoms with van der Waals surface area (Å²) < 4.78 is 26.0. The number of nitrogens with one attached hydrogen (secondary N) is 1. The molecule has 7 heteroatoms. The van der Waals surface area contributed by atoms with E-state index in [1.54, 1.807) is 0 Å². The van der Waals surface area contributed by atoms with Crippen LogP contribution in [-0.4, -0.2) is 9.97 Å². The smallest absolute Gasteiger partial charge is 0.223 e. The second-order valence-electron chi connectivity index (χ2n) is 3.52. The Hall–Kier alpha value is -1.95. The van der Waals surface area contributed by atoms with E-state index in [1.165, 1.54) is 18.2 Å². The summed E-state index contributed by atoms with van der Waals surface area (Å²) in [5.41, 5.74) is 5.72. The first-order valence-corrected chi connectivity index (χ1v) is 5.40. The number of benzene rings is 1. The molecule has 0 amide bonds. The van der Waals surface area contributed by atoms with Gasteiger partial charge in [0.15, 0.2) is 0 Å². The predicted octanol–water partition coefficient (Wildman–Crippen LogP) is 2.60. The van der Waals surface area contributed by atoms with Crippen LogP contribution in [0.1, 0.15) is 5.56 Å². The van der Waals surface area contributed by atoms with Crippen LogP contribution in [0.25, 0.3) is 0 Å². The van der Waals surface area contributed by atoms with Gasteiger partial charge in [-0.1, -0.05) is 17.7 Å². The first-order valence-electron chi connectivity index (χ1n) is 5.02. The minimum Gasteiger partial charge on any atom is -0.368 e. The molecule has 0 spiro atoms. The number of nitrogens with two attached hydrogens (primary N) is 1. The Morgan fingerprint density at radius 3 is 2.67 bits per heavy atom. The highest BCUT2D eigenvalue weighted by molar-refractivity contribution is 6.29. The fourth-order valence-corrected chi connectivity index (χ4v) is 1.57. The molecule has 0 unspecified atom stereocenters. The van der Waals surface area contributed by atoms with Gasteiger partial charge in [0.2, 0.25) is 5.95 Å². The van der Waals surface area contributed by atoms with Crippen molar-refractivity contribution in [3.8, 4) is 0 Å². The Labute approximate surface area is 107 Å². The molecule has 0 saturated carbocycles. The fourth-order valence-electron chi connectivity index (χ4n) is 1.38. The summed E-state index contributed by atoms with van der Waals surface area (Å²) in [4.78, 5) is 7.56. The van der Waals surface area contributed by atoms with Crippen LogP contribution in [0.4, 0.5) is 20.5 Å². The van der Waals surface area contributed by atoms with Crippen molar-refractivity contribution in [2.45, 2.75) is 6.54 Å². The molecule has 0 bridgehead atoms. The standard InChI is InChI=1S/C11H9ClF2N4/c12-9-4-10(18-11(15)17-9)16-5-6-1-2-7(13)3-8(6)14/h1-4H,5H2,(H3,15,16,17,18). The van der Waals surface area contributed by atoms with Crippen LogP contribution in [0.2, 0.25) is 5.15 Å². The lowest BCUT2D eigenvalue weighted by atomic mass is 10.2. The van der Waals surface area contributed by atoms with Crippen molar-refractivity contribution < 1.29 is 8.78 Å². The zero-order valence-electron chi connectivity index (χ0n) is 9.12. The van der Waals surface area contributed by atoms with Crippen LogP contribution in [-0.2, 0) is 6.54 Å². The summed E-state index contributed by atoms with van der Waals surface area (Å²) in [6.07, 6.45) is 0. The van der Waals surface area contributed by atoms with Gasteiger partial charge in [0.1, 0.15) is 22.6 Å². The van der Waals surface area contributed by atoms with E-state index in [-0.39, 0.29) is 17.6 Å². The summed E-state index contributed by atoms with van der Waals surface area (Å²) in [6.45, 7) is 0.138. The molecule has 1 heterocycles. The van der Waals surface area contributed by atoms with Crippen molar-refractivity contribution in [1.29, 1.82) is 0 Å². The van der Waals surface area contributed by atoms with E-state index in [9.17, 15) is 8.78 Å². The Kier molecular flexibility index (Phi) is 3.57. The number of nitrogens with zero attached hydrogens (tertiary/aromatic N) is 2. The van der Waals surface area contributed by atoms with Crippen LogP contribution >= 0.6 is 11.6 Å². The first kappa shape index (κ1) is 12.5. The second-order valence-corrected chi connectivity index (χ2v) is 3.91. The molecule has 1 aromatic heterocycles. The summed E-state index contributed by atoms with van der Waals surface area (Å²) in [5.74, 6) is -0.859. The summed E-state index contributed by atoms with van der Waals surface area (Å²) in [7, 11) is 0. The van der Waals surface area contributed by atoms with E-state index in [2.05, 4.69) is 15.3 Å². The molecule has 2 aromatic rings. The lowest BCUT2D eigenvalue weighted by molar-refractivity contribution is 0.574. The van der Waals surface area contributed by atoms with E-state index in [1.807, 2.05) is 0 Å². The Balaban J connectivity index is 2.11. The third-order valence-corrected chi connectivity index (χ3v) is 2.38. The van der Waals surface area contributed by atoms with Gasteiger partial charge in [-0.25, -0.2) is 13.8 Å². The van der Waals surface area contributed by atoms with Crippen LogP contribution in [0.3, 0.4) is 0 Å². The van der Waals surface area contributed by atoms with Crippen molar-refractivity contribution in [3.05, 3.63) is 46.6 Å². The highest BCUT2D eigenvalue weighted by atomic mass is 35.5. The van der Waals surface area contributed by atoms with E-state index < -0.39 is 11.6 Å². The zero-order valence-corrected chi connectivity index (χ0v) is 9.88. The van der Waals surface area contributed by atoms with Crippen molar-refractivity contribution in [2.24, 2.45) is 0 Å². The maximum Gasteiger partial charge on any atom is 0.223 e. The lowest BCUT2D eigenvalue weighted by Gasteiger charge is -2.07. The van der Waals surface area contributed by atoms with Crippen molar-refractivity contribution >= 4 is 23.4 Å². The minimum absolute atomic E-state index is 0.0181. The number of hydrogen-bond donors (Lipinski definition) is 2. The number of rotatable bonds is 3. The van der Waals surface area contributed by atoms with Gasteiger partial charge in [0.05, 0.1) is 0 Å². The predicted molar refractivity (Wildman–Crippen MR) is 65.1 cm³/mol. The largest absolute Gasteiger partial charge is 0.368 e. The van der Waals surface area contributed by atoms with Gasteiger partial charge in [-0.05, 0) is 6.07 Å². The molecule has 4 nitrogen and oxygen atoms in total. The number of hydrogen-bond acceptors (Lipinski definition) is 4. The maximum absolute atomic E-state index is 13.3. The molecule has 0 atom stereocenters. The molecular formula is C11H9ClF2N4. The number of nitrogen functional groups attached to an aromatic ring is 1. The first-order chi connectivity index (χ1) is 8.54. The number of aromatic nitrogens is 2. The van der Waals surface area contributed by atoms with Crippen LogP contribution in [0.5, 0.6) is 0 Å². The average Bonchev–Trinajstić information content (AvgIpc) is 2.26. The normalized spacial score (nSPS) is 10.4. The Bertz CT molecular complexity index is 557. The van der Waals surface area contributed by atoms with Crippen LogP contribution in [0.15, 0.2) is 24.3 Å². The van der Waals surface area contributed by atoms with Crippen LogP contribution in [0, 0.1) is 11.6 Å². The van der Waals surface area contributed by atoms with Gasteiger partial charge in [-0.3, -0.25) is 0 Å². The van der Waals surface area contributed by atoms with Gasteiger partial charge in [0, 0.05) is 24.2 Å². The second kappa shape index (κ2) is 5.14. The molecule has 94 valence electrons. The molecule has 0 aliphatic carbocycles. The lowest BCUT2D eigenvalue weighted by Crippen LogP contribution is -2.06. The zero-order chi connectivity index (χ0) is 13.1. The molecule has 0 fully saturated rings. The third-order valence-electron chi connectivity index (χ3n) is 2.19. The third kappa shape index (κ3) is 3.04. The molecule has 0 aliphatic rings. The van der Waals surface area contributed by atoms with Gasteiger partial charge in [-0.15, -0.1) is 0 Å². The van der Waals surface area contributed by atoms with Gasteiger partial charge >= 0.3 is 0 Å². The molecular weight excluding hydrogens is 262 g/mol. The molecule has 1 aromatic carbocycles. The molecule has 3 N–H and O–H groups in total. The summed E-state index contributed by atoms with van der Waals surface area (Å²) in [5, 5.41) is 3.01. The van der Waals surface area contributed by atoms with Gasteiger partial charge < -0.3 is 11.1 Å². The quantitative estimate of drug-likeness (QED) is 0.842. The topological polar surface area (TPSA) is 63.8 Å².